The van der Waals surface area contributed by atoms with Gasteiger partial charge in [-0.05, 0) is 39.6 Å². The van der Waals surface area contributed by atoms with Crippen LogP contribution in [0.4, 0.5) is 0 Å². The quantitative estimate of drug-likeness (QED) is 0.593. The van der Waals surface area contributed by atoms with Crippen molar-refractivity contribution in [1.29, 1.82) is 0 Å². The number of benzene rings is 1. The van der Waals surface area contributed by atoms with Gasteiger partial charge in [-0.1, -0.05) is 17.7 Å². The fourth-order valence-electron chi connectivity index (χ4n) is 1.62. The van der Waals surface area contributed by atoms with Crippen molar-refractivity contribution in [3.05, 3.63) is 29.3 Å². The normalized spacial score (nSPS) is 11.1. The van der Waals surface area contributed by atoms with Crippen molar-refractivity contribution < 1.29 is 0 Å². The zero-order chi connectivity index (χ0) is 12.7. The lowest BCUT2D eigenvalue weighted by Crippen LogP contribution is -2.27. The zero-order valence-electron chi connectivity index (χ0n) is 11.4. The highest BCUT2D eigenvalue weighted by Gasteiger charge is 1.99. The molecule has 0 heterocycles. The summed E-state index contributed by atoms with van der Waals surface area (Å²) in [6.45, 7) is 7.58. The third-order valence-corrected chi connectivity index (χ3v) is 3.78. The summed E-state index contributed by atoms with van der Waals surface area (Å²) < 4.78 is 0. The molecule has 0 saturated heterocycles. The molecule has 1 rings (SSSR count). The smallest absolute Gasteiger partial charge is 0.0106 e. The van der Waals surface area contributed by atoms with Crippen molar-refractivity contribution in [3.8, 4) is 0 Å². The number of thioether (sulfide) groups is 1. The minimum absolute atomic E-state index is 1.07. The predicted molar refractivity (Wildman–Crippen MR) is 78.1 cm³/mol. The summed E-state index contributed by atoms with van der Waals surface area (Å²) in [5.74, 6) is 1.14. The van der Waals surface area contributed by atoms with Crippen molar-refractivity contribution in [1.82, 2.24) is 10.2 Å². The lowest BCUT2D eigenvalue weighted by molar-refractivity contribution is 0.403. The van der Waals surface area contributed by atoms with E-state index in [0.29, 0.717) is 0 Å². The fourth-order valence-corrected chi connectivity index (χ4v) is 2.54. The summed E-state index contributed by atoms with van der Waals surface area (Å²) >= 11 is 1.94. The summed E-state index contributed by atoms with van der Waals surface area (Å²) in [7, 11) is 4.21. The first kappa shape index (κ1) is 14.6. The molecule has 3 heteroatoms. The van der Waals surface area contributed by atoms with Crippen molar-refractivity contribution in [3.63, 3.8) is 0 Å². The molecule has 1 N–H and O–H groups in total. The Bertz CT molecular complexity index is 337. The highest BCUT2D eigenvalue weighted by Crippen LogP contribution is 2.22. The molecule has 0 radical (unpaired) electrons. The Labute approximate surface area is 110 Å². The maximum Gasteiger partial charge on any atom is 0.0106 e. The molecule has 0 aliphatic rings. The summed E-state index contributed by atoms with van der Waals surface area (Å²) in [5, 5.41) is 3.46. The summed E-state index contributed by atoms with van der Waals surface area (Å²) in [5.41, 5.74) is 2.74. The van der Waals surface area contributed by atoms with E-state index in [1.807, 2.05) is 11.8 Å². The van der Waals surface area contributed by atoms with E-state index in [-0.39, 0.29) is 0 Å². The Balaban J connectivity index is 2.18. The topological polar surface area (TPSA) is 15.3 Å². The van der Waals surface area contributed by atoms with Gasteiger partial charge in [0.2, 0.25) is 0 Å². The van der Waals surface area contributed by atoms with Gasteiger partial charge in [-0.15, -0.1) is 11.8 Å². The Morgan fingerprint density at radius 1 is 1.18 bits per heavy atom. The highest BCUT2D eigenvalue weighted by atomic mass is 32.2. The number of hydrogen-bond donors (Lipinski definition) is 1. The van der Waals surface area contributed by atoms with Crippen LogP contribution >= 0.6 is 11.8 Å². The molecule has 0 unspecified atom stereocenters. The van der Waals surface area contributed by atoms with Gasteiger partial charge in [0.15, 0.2) is 0 Å². The van der Waals surface area contributed by atoms with Gasteiger partial charge in [-0.25, -0.2) is 0 Å². The first-order chi connectivity index (χ1) is 8.09. The van der Waals surface area contributed by atoms with Gasteiger partial charge in [0.25, 0.3) is 0 Å². The number of likely N-dealkylation sites (N-methyl/N-ethyl adjacent to an activating group) is 1. The van der Waals surface area contributed by atoms with Crippen molar-refractivity contribution >= 4 is 11.8 Å². The van der Waals surface area contributed by atoms with E-state index in [9.17, 15) is 0 Å². The van der Waals surface area contributed by atoms with Crippen LogP contribution in [-0.4, -0.2) is 44.4 Å². The van der Waals surface area contributed by atoms with Crippen molar-refractivity contribution in [2.45, 2.75) is 18.7 Å². The molecular formula is C14H24N2S. The van der Waals surface area contributed by atoms with E-state index in [0.717, 1.165) is 25.4 Å². The molecule has 0 saturated carbocycles. The lowest BCUT2D eigenvalue weighted by atomic mass is 10.2. The minimum Gasteiger partial charge on any atom is -0.315 e. The molecular weight excluding hydrogens is 228 g/mol. The van der Waals surface area contributed by atoms with E-state index in [4.69, 9.17) is 0 Å². The second-order valence-corrected chi connectivity index (χ2v) is 5.81. The van der Waals surface area contributed by atoms with Crippen LogP contribution in [0.25, 0.3) is 0 Å². The van der Waals surface area contributed by atoms with Crippen LogP contribution in [0, 0.1) is 13.8 Å². The van der Waals surface area contributed by atoms with Crippen LogP contribution < -0.4 is 5.32 Å². The van der Waals surface area contributed by atoms with E-state index in [2.05, 4.69) is 56.4 Å². The third kappa shape index (κ3) is 6.10. The maximum absolute atomic E-state index is 3.46. The van der Waals surface area contributed by atoms with Gasteiger partial charge in [-0.2, -0.15) is 0 Å². The number of aryl methyl sites for hydroxylation is 2. The molecule has 0 amide bonds. The molecule has 0 atom stereocenters. The van der Waals surface area contributed by atoms with Crippen molar-refractivity contribution in [2.75, 3.05) is 39.5 Å². The predicted octanol–water partition coefficient (Wildman–Crippen LogP) is 2.55. The largest absolute Gasteiger partial charge is 0.315 e. The van der Waals surface area contributed by atoms with E-state index >= 15 is 0 Å². The van der Waals surface area contributed by atoms with Crippen molar-refractivity contribution in [2.24, 2.45) is 0 Å². The van der Waals surface area contributed by atoms with Crippen LogP contribution in [0.2, 0.25) is 0 Å². The molecule has 1 aromatic rings. The van der Waals surface area contributed by atoms with Crippen LogP contribution in [0.1, 0.15) is 11.1 Å². The Hall–Kier alpha value is -0.510. The number of nitrogens with zero attached hydrogens (tertiary/aromatic N) is 1. The molecule has 2 nitrogen and oxygen atoms in total. The number of hydrogen-bond acceptors (Lipinski definition) is 3. The molecule has 0 bridgehead atoms. The fraction of sp³-hybridized carbons (Fsp3) is 0.571. The first-order valence-electron chi connectivity index (χ1n) is 6.15. The first-order valence-corrected chi connectivity index (χ1v) is 7.13. The van der Waals surface area contributed by atoms with Gasteiger partial charge < -0.3 is 10.2 Å². The molecule has 96 valence electrons. The average Bonchev–Trinajstić information content (AvgIpc) is 2.25. The molecule has 0 aromatic heterocycles. The Morgan fingerprint density at radius 2 is 1.94 bits per heavy atom. The molecule has 17 heavy (non-hydrogen) atoms. The van der Waals surface area contributed by atoms with Gasteiger partial charge in [0.1, 0.15) is 0 Å². The minimum atomic E-state index is 1.07. The standard InChI is InChI=1S/C14H24N2S/c1-12-5-6-14(13(2)11-12)17-10-8-15-7-9-16(3)4/h5-6,11,15H,7-10H2,1-4H3. The maximum atomic E-state index is 3.46. The van der Waals surface area contributed by atoms with Crippen LogP contribution in [0.5, 0.6) is 0 Å². The van der Waals surface area contributed by atoms with Gasteiger partial charge in [-0.3, -0.25) is 0 Å². The lowest BCUT2D eigenvalue weighted by Gasteiger charge is -2.10. The SMILES string of the molecule is Cc1ccc(SCCNCCN(C)C)c(C)c1. The van der Waals surface area contributed by atoms with Gasteiger partial charge in [0, 0.05) is 30.3 Å². The number of rotatable bonds is 7. The van der Waals surface area contributed by atoms with E-state index in [1.54, 1.807) is 0 Å². The summed E-state index contributed by atoms with van der Waals surface area (Å²) in [6.07, 6.45) is 0. The second kappa shape index (κ2) is 7.75. The van der Waals surface area contributed by atoms with E-state index < -0.39 is 0 Å². The average molecular weight is 252 g/mol. The second-order valence-electron chi connectivity index (χ2n) is 4.67. The van der Waals surface area contributed by atoms with Crippen LogP contribution in [-0.2, 0) is 0 Å². The summed E-state index contributed by atoms with van der Waals surface area (Å²) in [4.78, 5) is 3.61. The summed E-state index contributed by atoms with van der Waals surface area (Å²) in [6, 6.07) is 6.67. The molecule has 0 aliphatic heterocycles. The molecule has 0 fully saturated rings. The third-order valence-electron chi connectivity index (χ3n) is 2.60. The molecule has 0 spiro atoms. The Morgan fingerprint density at radius 3 is 2.59 bits per heavy atom. The van der Waals surface area contributed by atoms with Crippen LogP contribution in [0.3, 0.4) is 0 Å². The molecule has 0 aliphatic carbocycles. The Kier molecular flexibility index (Phi) is 6.63. The molecule has 1 aromatic carbocycles. The highest BCUT2D eigenvalue weighted by molar-refractivity contribution is 7.99. The van der Waals surface area contributed by atoms with Gasteiger partial charge >= 0.3 is 0 Å². The van der Waals surface area contributed by atoms with E-state index in [1.165, 1.54) is 16.0 Å². The number of nitrogens with one attached hydrogen (secondary N) is 1. The zero-order valence-corrected chi connectivity index (χ0v) is 12.2. The van der Waals surface area contributed by atoms with Crippen LogP contribution in [0.15, 0.2) is 23.1 Å². The van der Waals surface area contributed by atoms with Gasteiger partial charge in [0.05, 0.1) is 0 Å². The monoisotopic (exact) mass is 252 g/mol.